The fraction of sp³-hybridized carbons (Fsp3) is 0.550. The van der Waals surface area contributed by atoms with Crippen molar-refractivity contribution < 1.29 is 14.3 Å². The van der Waals surface area contributed by atoms with Crippen LogP contribution in [0.3, 0.4) is 0 Å². The van der Waals surface area contributed by atoms with Gasteiger partial charge in [-0.25, -0.2) is 9.48 Å². The molecule has 1 saturated heterocycles. The SMILES string of the molecule is CCOC(=O)Nc1nc2n(n1)CC(N1CCN(c3ccccc3OC)CC1)CC2. The van der Waals surface area contributed by atoms with Crippen LogP contribution in [-0.4, -0.2) is 71.7 Å². The second-order valence-electron chi connectivity index (χ2n) is 7.27. The first-order chi connectivity index (χ1) is 14.2. The number of para-hydroxylation sites is 2. The lowest BCUT2D eigenvalue weighted by Crippen LogP contribution is -2.52. The van der Waals surface area contributed by atoms with Gasteiger partial charge in [-0.3, -0.25) is 10.2 Å². The Balaban J connectivity index is 1.35. The van der Waals surface area contributed by atoms with E-state index in [0.29, 0.717) is 18.6 Å². The molecule has 1 amide bonds. The van der Waals surface area contributed by atoms with Crippen LogP contribution in [0.4, 0.5) is 16.4 Å². The maximum Gasteiger partial charge on any atom is 0.414 e. The summed E-state index contributed by atoms with van der Waals surface area (Å²) in [4.78, 5) is 20.9. The van der Waals surface area contributed by atoms with E-state index in [-0.39, 0.29) is 0 Å². The first-order valence-electron chi connectivity index (χ1n) is 10.2. The first-order valence-corrected chi connectivity index (χ1v) is 10.2. The highest BCUT2D eigenvalue weighted by Gasteiger charge is 2.29. The maximum atomic E-state index is 11.6. The minimum Gasteiger partial charge on any atom is -0.495 e. The molecule has 0 aliphatic carbocycles. The van der Waals surface area contributed by atoms with E-state index in [1.165, 1.54) is 0 Å². The lowest BCUT2D eigenvalue weighted by Gasteiger charge is -2.41. The van der Waals surface area contributed by atoms with Gasteiger partial charge < -0.3 is 14.4 Å². The number of hydrogen-bond donors (Lipinski definition) is 1. The van der Waals surface area contributed by atoms with E-state index in [0.717, 1.165) is 62.8 Å². The van der Waals surface area contributed by atoms with Crippen LogP contribution in [0.1, 0.15) is 19.2 Å². The van der Waals surface area contributed by atoms with Crippen molar-refractivity contribution in [2.45, 2.75) is 32.4 Å². The number of rotatable bonds is 5. The highest BCUT2D eigenvalue weighted by Crippen LogP contribution is 2.29. The molecule has 0 bridgehead atoms. The zero-order valence-electron chi connectivity index (χ0n) is 17.0. The Hall–Kier alpha value is -2.81. The van der Waals surface area contributed by atoms with E-state index in [1.807, 2.05) is 16.8 Å². The number of carbonyl (C=O) groups is 1. The molecule has 9 heteroatoms. The normalized spacial score (nSPS) is 19.5. The van der Waals surface area contributed by atoms with Gasteiger partial charge in [-0.05, 0) is 25.5 Å². The van der Waals surface area contributed by atoms with Crippen molar-refractivity contribution in [2.75, 3.05) is 50.1 Å². The van der Waals surface area contributed by atoms with Crippen LogP contribution in [0, 0.1) is 0 Å². The number of nitrogens with zero attached hydrogens (tertiary/aromatic N) is 5. The van der Waals surface area contributed by atoms with E-state index in [9.17, 15) is 4.79 Å². The number of carbonyl (C=O) groups excluding carboxylic acids is 1. The average Bonchev–Trinajstić information content (AvgIpc) is 3.15. The molecule has 1 unspecified atom stereocenters. The standard InChI is InChI=1S/C20H28N6O3/c1-3-29-20(27)22-19-21-18-9-8-15(14-26(18)23-19)24-10-12-25(13-11-24)16-6-4-5-7-17(16)28-2/h4-7,15H,3,8-14H2,1-2H3,(H,22,23,27). The zero-order valence-corrected chi connectivity index (χ0v) is 17.0. The van der Waals surface area contributed by atoms with Crippen LogP contribution in [0.2, 0.25) is 0 Å². The number of aryl methyl sites for hydroxylation is 1. The molecule has 1 aromatic heterocycles. The van der Waals surface area contributed by atoms with E-state index in [1.54, 1.807) is 14.0 Å². The molecule has 0 spiro atoms. The van der Waals surface area contributed by atoms with Crippen LogP contribution < -0.4 is 15.0 Å². The van der Waals surface area contributed by atoms with Gasteiger partial charge in [-0.1, -0.05) is 12.1 Å². The molecule has 156 valence electrons. The van der Waals surface area contributed by atoms with Gasteiger partial charge in [0.25, 0.3) is 5.95 Å². The molecule has 2 aromatic rings. The van der Waals surface area contributed by atoms with Gasteiger partial charge in [0.1, 0.15) is 11.6 Å². The van der Waals surface area contributed by atoms with Crippen molar-refractivity contribution in [1.29, 1.82) is 0 Å². The minimum atomic E-state index is -0.514. The van der Waals surface area contributed by atoms with E-state index in [4.69, 9.17) is 9.47 Å². The highest BCUT2D eigenvalue weighted by atomic mass is 16.5. The predicted molar refractivity (Wildman–Crippen MR) is 110 cm³/mol. The molecule has 29 heavy (non-hydrogen) atoms. The summed E-state index contributed by atoms with van der Waals surface area (Å²) in [5.74, 6) is 2.16. The highest BCUT2D eigenvalue weighted by molar-refractivity contribution is 5.82. The van der Waals surface area contributed by atoms with Crippen LogP contribution in [0.25, 0.3) is 0 Å². The Morgan fingerprint density at radius 3 is 2.79 bits per heavy atom. The second-order valence-corrected chi connectivity index (χ2v) is 7.27. The van der Waals surface area contributed by atoms with Gasteiger partial charge >= 0.3 is 6.09 Å². The molecule has 1 aromatic carbocycles. The molecule has 1 atom stereocenters. The largest absolute Gasteiger partial charge is 0.495 e. The van der Waals surface area contributed by atoms with Crippen molar-refractivity contribution in [2.24, 2.45) is 0 Å². The smallest absolute Gasteiger partial charge is 0.414 e. The zero-order chi connectivity index (χ0) is 20.2. The minimum absolute atomic E-state index is 0.320. The summed E-state index contributed by atoms with van der Waals surface area (Å²) in [5, 5.41) is 7.04. The molecular weight excluding hydrogens is 372 g/mol. The van der Waals surface area contributed by atoms with Crippen molar-refractivity contribution in [3.05, 3.63) is 30.1 Å². The predicted octanol–water partition coefficient (Wildman–Crippen LogP) is 1.99. The number of ether oxygens (including phenoxy) is 2. The van der Waals surface area contributed by atoms with Crippen molar-refractivity contribution in [3.63, 3.8) is 0 Å². The number of fused-ring (bicyclic) bond motifs is 1. The van der Waals surface area contributed by atoms with Crippen LogP contribution >= 0.6 is 0 Å². The lowest BCUT2D eigenvalue weighted by atomic mass is 10.0. The fourth-order valence-corrected chi connectivity index (χ4v) is 4.12. The van der Waals surface area contributed by atoms with Crippen LogP contribution in [0.15, 0.2) is 24.3 Å². The molecule has 2 aliphatic heterocycles. The molecule has 1 fully saturated rings. The topological polar surface area (TPSA) is 84.7 Å². The van der Waals surface area contributed by atoms with Crippen molar-refractivity contribution in [3.8, 4) is 5.75 Å². The average molecular weight is 400 g/mol. The van der Waals surface area contributed by atoms with Crippen molar-refractivity contribution >= 4 is 17.7 Å². The molecular formula is C20H28N6O3. The van der Waals surface area contributed by atoms with Crippen LogP contribution in [-0.2, 0) is 17.7 Å². The van der Waals surface area contributed by atoms with E-state index >= 15 is 0 Å². The number of piperazine rings is 1. The molecule has 3 heterocycles. The van der Waals surface area contributed by atoms with Crippen LogP contribution in [0.5, 0.6) is 5.75 Å². The summed E-state index contributed by atoms with van der Waals surface area (Å²) in [6.45, 7) is 6.82. The quantitative estimate of drug-likeness (QED) is 0.822. The summed E-state index contributed by atoms with van der Waals surface area (Å²) < 4.78 is 12.3. The summed E-state index contributed by atoms with van der Waals surface area (Å²) in [6, 6.07) is 8.62. The summed E-state index contributed by atoms with van der Waals surface area (Å²) in [6.07, 6.45) is 1.39. The third-order valence-electron chi connectivity index (χ3n) is 5.58. The number of aromatic nitrogens is 3. The van der Waals surface area contributed by atoms with Gasteiger partial charge in [-0.15, -0.1) is 5.10 Å². The Morgan fingerprint density at radius 2 is 2.03 bits per heavy atom. The Labute approximate surface area is 170 Å². The number of anilines is 2. The molecule has 0 radical (unpaired) electrons. The van der Waals surface area contributed by atoms with Gasteiger partial charge in [-0.2, -0.15) is 4.98 Å². The number of hydrogen-bond acceptors (Lipinski definition) is 7. The number of nitrogens with one attached hydrogen (secondary N) is 1. The molecule has 4 rings (SSSR count). The Bertz CT molecular complexity index is 846. The van der Waals surface area contributed by atoms with Gasteiger partial charge in [0, 0.05) is 38.6 Å². The van der Waals surface area contributed by atoms with Gasteiger partial charge in [0.05, 0.1) is 25.9 Å². The van der Waals surface area contributed by atoms with Gasteiger partial charge in [0.15, 0.2) is 0 Å². The Kier molecular flexibility index (Phi) is 5.84. The summed E-state index contributed by atoms with van der Waals surface area (Å²) in [7, 11) is 1.72. The van der Waals surface area contributed by atoms with E-state index < -0.39 is 6.09 Å². The number of benzene rings is 1. The molecule has 1 N–H and O–H groups in total. The second kappa shape index (κ2) is 8.69. The Morgan fingerprint density at radius 1 is 1.24 bits per heavy atom. The van der Waals surface area contributed by atoms with E-state index in [2.05, 4.69) is 37.3 Å². The van der Waals surface area contributed by atoms with Crippen molar-refractivity contribution in [1.82, 2.24) is 19.7 Å². The first kappa shape index (κ1) is 19.5. The third kappa shape index (κ3) is 4.29. The van der Waals surface area contributed by atoms with Gasteiger partial charge in [0.2, 0.25) is 0 Å². The maximum absolute atomic E-state index is 11.6. The number of methoxy groups -OCH3 is 1. The summed E-state index contributed by atoms with van der Waals surface area (Å²) in [5.41, 5.74) is 1.16. The lowest BCUT2D eigenvalue weighted by molar-refractivity contribution is 0.143. The summed E-state index contributed by atoms with van der Waals surface area (Å²) >= 11 is 0. The molecule has 2 aliphatic rings. The fourth-order valence-electron chi connectivity index (χ4n) is 4.12. The monoisotopic (exact) mass is 400 g/mol. The number of amides is 1. The third-order valence-corrected chi connectivity index (χ3v) is 5.58. The molecule has 0 saturated carbocycles. The molecule has 9 nitrogen and oxygen atoms in total.